The Morgan fingerprint density at radius 3 is 2.84 bits per heavy atom. The number of non-ortho nitro benzene ring substituents is 1. The number of nitrogens with one attached hydrogen (secondary N) is 2. The molecule has 0 bridgehead atoms. The topological polar surface area (TPSA) is 154 Å². The third kappa shape index (κ3) is 2.88. The Morgan fingerprint density at radius 1 is 1.19 bits per heavy atom. The number of aromatic amines is 1. The van der Waals surface area contributed by atoms with E-state index in [0.717, 1.165) is 0 Å². The normalized spacial score (nSPS) is 14.3. The van der Waals surface area contributed by atoms with Gasteiger partial charge in [-0.25, -0.2) is 5.10 Å². The van der Waals surface area contributed by atoms with Gasteiger partial charge in [-0.05, 0) is 16.5 Å². The summed E-state index contributed by atoms with van der Waals surface area (Å²) in [5.74, 6) is 0.831. The number of fused-ring (bicyclic) bond motifs is 2. The molecule has 2 N–H and O–H groups in total. The van der Waals surface area contributed by atoms with E-state index < -0.39 is 16.5 Å². The van der Waals surface area contributed by atoms with Crippen LogP contribution in [0, 0.1) is 10.1 Å². The maximum absolute atomic E-state index is 12.7. The highest BCUT2D eigenvalue weighted by atomic mass is 16.6. The number of aromatic nitrogens is 6. The first-order valence-corrected chi connectivity index (χ1v) is 9.13. The van der Waals surface area contributed by atoms with Gasteiger partial charge < -0.3 is 10.1 Å². The van der Waals surface area contributed by atoms with Gasteiger partial charge in [0.15, 0.2) is 0 Å². The van der Waals surface area contributed by atoms with E-state index in [1.807, 2.05) is 18.2 Å². The Labute approximate surface area is 173 Å². The number of hydrogen-bond donors (Lipinski definition) is 2. The molecule has 154 valence electrons. The van der Waals surface area contributed by atoms with Crippen LogP contribution < -0.4 is 15.6 Å². The Kier molecular flexibility index (Phi) is 4.17. The van der Waals surface area contributed by atoms with Crippen LogP contribution in [0.15, 0.2) is 53.3 Å². The summed E-state index contributed by atoms with van der Waals surface area (Å²) in [5, 5.41) is 32.7. The molecule has 12 nitrogen and oxygen atoms in total. The summed E-state index contributed by atoms with van der Waals surface area (Å²) in [4.78, 5) is 23.5. The third-order valence-electron chi connectivity index (χ3n) is 5.03. The highest BCUT2D eigenvalue weighted by Crippen LogP contribution is 2.43. The van der Waals surface area contributed by atoms with E-state index in [1.54, 1.807) is 25.3 Å². The minimum Gasteiger partial charge on any atom is -0.496 e. The zero-order chi connectivity index (χ0) is 21.5. The smallest absolute Gasteiger partial charge is 0.288 e. The summed E-state index contributed by atoms with van der Waals surface area (Å²) in [6.07, 6.45) is 0. The van der Waals surface area contributed by atoms with Crippen molar-refractivity contribution in [2.45, 2.75) is 6.04 Å². The van der Waals surface area contributed by atoms with Crippen molar-refractivity contribution >= 4 is 17.3 Å². The molecule has 2 aromatic heterocycles. The summed E-state index contributed by atoms with van der Waals surface area (Å²) >= 11 is 0. The van der Waals surface area contributed by atoms with Crippen molar-refractivity contribution < 1.29 is 9.66 Å². The van der Waals surface area contributed by atoms with E-state index >= 15 is 0 Å². The first-order chi connectivity index (χ1) is 15.1. The second-order valence-electron chi connectivity index (χ2n) is 6.71. The van der Waals surface area contributed by atoms with Gasteiger partial charge in [0.2, 0.25) is 5.95 Å². The molecule has 1 aliphatic rings. The van der Waals surface area contributed by atoms with Crippen molar-refractivity contribution in [2.75, 3.05) is 12.4 Å². The fourth-order valence-electron chi connectivity index (χ4n) is 3.70. The average molecular weight is 418 g/mol. The highest BCUT2D eigenvalue weighted by Gasteiger charge is 2.36. The van der Waals surface area contributed by atoms with E-state index in [2.05, 4.69) is 31.0 Å². The molecule has 0 radical (unpaired) electrons. The molecule has 2 aromatic carbocycles. The predicted octanol–water partition coefficient (Wildman–Crippen LogP) is 2.03. The largest absolute Gasteiger partial charge is 0.496 e. The number of para-hydroxylation sites is 1. The Balaban J connectivity index is 1.83. The lowest BCUT2D eigenvalue weighted by Gasteiger charge is -2.28. The molecule has 5 rings (SSSR count). The molecule has 0 saturated carbocycles. The minimum atomic E-state index is -0.665. The quantitative estimate of drug-likeness (QED) is 0.329. The molecule has 0 fully saturated rings. The number of methoxy groups -OCH3 is 1. The number of nitro benzene ring substituents is 1. The van der Waals surface area contributed by atoms with Crippen molar-refractivity contribution in [3.05, 3.63) is 80.1 Å². The number of nitro groups is 1. The number of hydrogen-bond acceptors (Lipinski definition) is 9. The number of rotatable bonds is 4. The minimum absolute atomic E-state index is 0.0972. The van der Waals surface area contributed by atoms with Gasteiger partial charge in [-0.15, -0.1) is 0 Å². The third-order valence-corrected chi connectivity index (χ3v) is 5.03. The lowest BCUT2D eigenvalue weighted by molar-refractivity contribution is -0.384. The monoisotopic (exact) mass is 418 g/mol. The van der Waals surface area contributed by atoms with Crippen LogP contribution in [0.25, 0.3) is 11.3 Å². The van der Waals surface area contributed by atoms with E-state index in [4.69, 9.17) is 4.74 Å². The van der Waals surface area contributed by atoms with Crippen molar-refractivity contribution in [1.82, 2.24) is 30.4 Å². The van der Waals surface area contributed by atoms with Crippen LogP contribution in [0.4, 0.5) is 17.3 Å². The van der Waals surface area contributed by atoms with Crippen LogP contribution in [0.5, 0.6) is 5.75 Å². The molecule has 0 aliphatic carbocycles. The molecular weight excluding hydrogens is 404 g/mol. The molecule has 1 aliphatic heterocycles. The number of H-pyrrole nitrogens is 1. The van der Waals surface area contributed by atoms with Gasteiger partial charge in [-0.2, -0.15) is 9.78 Å². The van der Waals surface area contributed by atoms with Crippen molar-refractivity contribution in [3.63, 3.8) is 0 Å². The number of benzene rings is 2. The second kappa shape index (κ2) is 7.02. The molecular formula is C19H14N8O4. The van der Waals surface area contributed by atoms with Gasteiger partial charge in [0.1, 0.15) is 17.5 Å². The van der Waals surface area contributed by atoms with Crippen LogP contribution in [0.1, 0.15) is 17.2 Å². The molecule has 0 saturated heterocycles. The molecule has 4 aromatic rings. The number of anilines is 2. The first kappa shape index (κ1) is 18.4. The van der Waals surface area contributed by atoms with Crippen LogP contribution in [0.3, 0.4) is 0 Å². The number of ether oxygens (including phenoxy) is 1. The van der Waals surface area contributed by atoms with Crippen molar-refractivity contribution in [3.8, 4) is 17.0 Å². The Bertz CT molecular complexity index is 1380. The summed E-state index contributed by atoms with van der Waals surface area (Å²) in [7, 11) is 1.54. The number of nitrogens with zero attached hydrogens (tertiary/aromatic N) is 6. The van der Waals surface area contributed by atoms with E-state index in [1.165, 1.54) is 16.8 Å². The van der Waals surface area contributed by atoms with E-state index in [-0.39, 0.29) is 17.3 Å². The van der Waals surface area contributed by atoms with Gasteiger partial charge in [0, 0.05) is 28.8 Å². The Morgan fingerprint density at radius 2 is 2.03 bits per heavy atom. The van der Waals surface area contributed by atoms with Crippen molar-refractivity contribution in [2.24, 2.45) is 0 Å². The van der Waals surface area contributed by atoms with Crippen LogP contribution >= 0.6 is 0 Å². The standard InChI is InChI=1S/C19H14N8O4/c1-31-13-8-3-2-7-12(13)17-14-15(10-5-4-6-11(9-10)27(29)30)21-22-18(28)16(14)20-19-23-24-25-26(17)19/h2-9,17H,1H3,(H,22,28)(H,20,23,25)/t17-/m0/s1. The summed E-state index contributed by atoms with van der Waals surface area (Å²) in [6, 6.07) is 12.6. The average Bonchev–Trinajstić information content (AvgIpc) is 3.26. The maximum atomic E-state index is 12.7. The lowest BCUT2D eigenvalue weighted by atomic mass is 9.92. The molecule has 0 amide bonds. The number of tetrazole rings is 1. The summed E-state index contributed by atoms with van der Waals surface area (Å²) in [6.45, 7) is 0. The summed E-state index contributed by atoms with van der Waals surface area (Å²) < 4.78 is 7.05. The fourth-order valence-corrected chi connectivity index (χ4v) is 3.70. The van der Waals surface area contributed by atoms with E-state index in [0.29, 0.717) is 28.1 Å². The van der Waals surface area contributed by atoms with Gasteiger partial charge in [-0.1, -0.05) is 35.4 Å². The van der Waals surface area contributed by atoms with Crippen LogP contribution in [-0.4, -0.2) is 42.4 Å². The highest BCUT2D eigenvalue weighted by molar-refractivity contribution is 5.76. The zero-order valence-electron chi connectivity index (χ0n) is 16.0. The molecule has 0 spiro atoms. The first-order valence-electron chi connectivity index (χ1n) is 9.13. The van der Waals surface area contributed by atoms with Gasteiger partial charge >= 0.3 is 0 Å². The van der Waals surface area contributed by atoms with Gasteiger partial charge in [-0.3, -0.25) is 14.9 Å². The molecule has 3 heterocycles. The van der Waals surface area contributed by atoms with Crippen LogP contribution in [-0.2, 0) is 0 Å². The van der Waals surface area contributed by atoms with Gasteiger partial charge in [0.25, 0.3) is 11.2 Å². The SMILES string of the molecule is COc1ccccc1[C@H]1c2c(-c3cccc([N+](=O)[O-])c3)n[nH]c(=O)c2Nc2nnnn21. The molecule has 0 unspecified atom stereocenters. The van der Waals surface area contributed by atoms with Crippen molar-refractivity contribution in [1.29, 1.82) is 0 Å². The molecule has 1 atom stereocenters. The summed E-state index contributed by atoms with van der Waals surface area (Å²) in [5.41, 5.74) is 1.60. The van der Waals surface area contributed by atoms with Gasteiger partial charge in [0.05, 0.1) is 17.7 Å². The van der Waals surface area contributed by atoms with E-state index in [9.17, 15) is 14.9 Å². The van der Waals surface area contributed by atoms with Crippen LogP contribution in [0.2, 0.25) is 0 Å². The zero-order valence-corrected chi connectivity index (χ0v) is 16.0. The lowest BCUT2D eigenvalue weighted by Crippen LogP contribution is -2.29. The predicted molar refractivity (Wildman–Crippen MR) is 108 cm³/mol. The maximum Gasteiger partial charge on any atom is 0.288 e. The Hall–Kier alpha value is -4.61. The second-order valence-corrected chi connectivity index (χ2v) is 6.71. The molecule has 31 heavy (non-hydrogen) atoms. The molecule has 12 heteroatoms. The fraction of sp³-hybridized carbons (Fsp3) is 0.105.